The lowest BCUT2D eigenvalue weighted by Crippen LogP contribution is -2.29. The van der Waals surface area contributed by atoms with E-state index in [0.29, 0.717) is 0 Å². The Morgan fingerprint density at radius 3 is 1.77 bits per heavy atom. The van der Waals surface area contributed by atoms with E-state index in [1.165, 1.54) is 23.8 Å². The standard InChI is InChI=1S/C32H27NO5S/c1-2-29(24-9-5-3-6-10-24)31(25-11-7-4-8-12-25)26-16-13-23(14-17-26)15-22-30(34)33-39(37,38)28-20-18-27(19-21-28)32(35)36/h3-22H,2H2,1H3,(H,33,34)(H,35,36). The van der Waals surface area contributed by atoms with E-state index in [4.69, 9.17) is 5.11 Å². The lowest BCUT2D eigenvalue weighted by Gasteiger charge is -2.16. The SMILES string of the molecule is CCC(=C(c1ccccc1)c1ccc(C=CC(=O)NS(=O)(=O)c2ccc(C(=O)O)cc2)cc1)c1ccccc1. The summed E-state index contributed by atoms with van der Waals surface area (Å²) in [5.74, 6) is -1.99. The van der Waals surface area contributed by atoms with Crippen molar-refractivity contribution in [3.8, 4) is 0 Å². The summed E-state index contributed by atoms with van der Waals surface area (Å²) in [5.41, 5.74) is 6.28. The van der Waals surface area contributed by atoms with Crippen LogP contribution in [0.4, 0.5) is 0 Å². The average molecular weight is 538 g/mol. The molecule has 0 heterocycles. The van der Waals surface area contributed by atoms with Gasteiger partial charge in [-0.05, 0) is 70.2 Å². The number of benzene rings is 4. The monoisotopic (exact) mass is 537 g/mol. The maximum Gasteiger partial charge on any atom is 0.335 e. The number of carboxylic acids is 1. The molecule has 6 nitrogen and oxygen atoms in total. The molecule has 0 aliphatic carbocycles. The lowest BCUT2D eigenvalue weighted by atomic mass is 9.88. The molecule has 0 radical (unpaired) electrons. The Hall–Kier alpha value is -4.75. The molecular weight excluding hydrogens is 510 g/mol. The second-order valence-electron chi connectivity index (χ2n) is 8.69. The van der Waals surface area contributed by atoms with Crippen molar-refractivity contribution in [2.45, 2.75) is 18.2 Å². The van der Waals surface area contributed by atoms with E-state index in [2.05, 4.69) is 31.2 Å². The van der Waals surface area contributed by atoms with E-state index >= 15 is 0 Å². The van der Waals surface area contributed by atoms with Crippen LogP contribution in [-0.4, -0.2) is 25.4 Å². The van der Waals surface area contributed by atoms with Gasteiger partial charge >= 0.3 is 5.97 Å². The fraction of sp³-hybridized carbons (Fsp3) is 0.0625. The Morgan fingerprint density at radius 1 is 0.718 bits per heavy atom. The highest BCUT2D eigenvalue weighted by atomic mass is 32.2. The zero-order valence-electron chi connectivity index (χ0n) is 21.2. The van der Waals surface area contributed by atoms with Crippen LogP contribution < -0.4 is 4.72 Å². The Morgan fingerprint density at radius 2 is 1.23 bits per heavy atom. The van der Waals surface area contributed by atoms with Gasteiger partial charge in [0, 0.05) is 6.08 Å². The molecule has 7 heteroatoms. The quantitative estimate of drug-likeness (QED) is 0.194. The molecule has 39 heavy (non-hydrogen) atoms. The average Bonchev–Trinajstić information content (AvgIpc) is 2.96. The first-order chi connectivity index (χ1) is 18.8. The Kier molecular flexibility index (Phi) is 8.53. The van der Waals surface area contributed by atoms with E-state index in [-0.39, 0.29) is 10.5 Å². The van der Waals surface area contributed by atoms with E-state index in [9.17, 15) is 18.0 Å². The van der Waals surface area contributed by atoms with Crippen molar-refractivity contribution in [2.24, 2.45) is 0 Å². The molecule has 1 amide bonds. The molecule has 0 fully saturated rings. The number of hydrogen-bond acceptors (Lipinski definition) is 4. The van der Waals surface area contributed by atoms with Crippen LogP contribution in [0, 0.1) is 0 Å². The number of rotatable bonds is 9. The molecule has 0 bridgehead atoms. The van der Waals surface area contributed by atoms with Crippen molar-refractivity contribution in [2.75, 3.05) is 0 Å². The molecule has 0 aliphatic rings. The minimum absolute atomic E-state index is 0.0521. The minimum Gasteiger partial charge on any atom is -0.478 e. The topological polar surface area (TPSA) is 101 Å². The number of carbonyl (C=O) groups is 2. The van der Waals surface area contributed by atoms with Crippen molar-refractivity contribution in [1.82, 2.24) is 4.72 Å². The first-order valence-electron chi connectivity index (χ1n) is 12.3. The summed E-state index contributed by atoms with van der Waals surface area (Å²) in [6.07, 6.45) is 3.52. The summed E-state index contributed by atoms with van der Waals surface area (Å²) < 4.78 is 26.9. The van der Waals surface area contributed by atoms with Crippen LogP contribution in [0.1, 0.15) is 46.0 Å². The van der Waals surface area contributed by atoms with Crippen molar-refractivity contribution in [3.05, 3.63) is 143 Å². The van der Waals surface area contributed by atoms with Gasteiger partial charge in [0.05, 0.1) is 10.5 Å². The van der Waals surface area contributed by atoms with Gasteiger partial charge in [-0.1, -0.05) is 91.9 Å². The number of allylic oxidation sites excluding steroid dienone is 1. The smallest absolute Gasteiger partial charge is 0.335 e. The van der Waals surface area contributed by atoms with Gasteiger partial charge in [0.1, 0.15) is 0 Å². The Bertz CT molecular complexity index is 1620. The minimum atomic E-state index is -4.14. The van der Waals surface area contributed by atoms with Gasteiger partial charge in [-0.25, -0.2) is 17.9 Å². The molecule has 4 aromatic carbocycles. The third kappa shape index (κ3) is 6.77. The van der Waals surface area contributed by atoms with Crippen LogP contribution in [0.25, 0.3) is 17.2 Å². The third-order valence-electron chi connectivity index (χ3n) is 6.11. The zero-order chi connectivity index (χ0) is 27.8. The molecule has 0 spiro atoms. The van der Waals surface area contributed by atoms with E-state index in [1.807, 2.05) is 65.4 Å². The number of carbonyl (C=O) groups excluding carboxylic acids is 1. The van der Waals surface area contributed by atoms with Gasteiger partial charge in [0.15, 0.2) is 0 Å². The van der Waals surface area contributed by atoms with E-state index < -0.39 is 21.9 Å². The van der Waals surface area contributed by atoms with Crippen LogP contribution in [-0.2, 0) is 14.8 Å². The summed E-state index contributed by atoms with van der Waals surface area (Å²) in [6, 6.07) is 32.8. The van der Waals surface area contributed by atoms with E-state index in [1.54, 1.807) is 0 Å². The zero-order valence-corrected chi connectivity index (χ0v) is 22.1. The number of sulfonamides is 1. The maximum atomic E-state index is 12.5. The van der Waals surface area contributed by atoms with Gasteiger partial charge in [0.25, 0.3) is 15.9 Å². The second-order valence-corrected chi connectivity index (χ2v) is 10.4. The molecule has 0 aromatic heterocycles. The number of aromatic carboxylic acids is 1. The third-order valence-corrected chi connectivity index (χ3v) is 7.48. The van der Waals surface area contributed by atoms with Crippen LogP contribution >= 0.6 is 0 Å². The molecular formula is C32H27NO5S. The first kappa shape index (κ1) is 27.3. The van der Waals surface area contributed by atoms with Gasteiger partial charge in [-0.3, -0.25) is 4.79 Å². The molecule has 0 atom stereocenters. The predicted octanol–water partition coefficient (Wildman–Crippen LogP) is 6.27. The predicted molar refractivity (Wildman–Crippen MR) is 153 cm³/mol. The largest absolute Gasteiger partial charge is 0.478 e. The molecule has 0 unspecified atom stereocenters. The summed E-state index contributed by atoms with van der Waals surface area (Å²) in [4.78, 5) is 23.1. The molecule has 4 aromatic rings. The normalized spacial score (nSPS) is 12.1. The summed E-state index contributed by atoms with van der Waals surface area (Å²) in [6.45, 7) is 2.13. The first-order valence-corrected chi connectivity index (χ1v) is 13.8. The number of carboxylic acid groups (broad SMARTS) is 1. The summed E-state index contributed by atoms with van der Waals surface area (Å²) >= 11 is 0. The van der Waals surface area contributed by atoms with E-state index in [0.717, 1.165) is 52.5 Å². The molecule has 0 aliphatic heterocycles. The number of nitrogens with one attached hydrogen (secondary N) is 1. The highest BCUT2D eigenvalue weighted by Gasteiger charge is 2.17. The van der Waals surface area contributed by atoms with Gasteiger partial charge in [-0.15, -0.1) is 0 Å². The Labute approximate surface area is 228 Å². The van der Waals surface area contributed by atoms with Crippen LogP contribution in [0.3, 0.4) is 0 Å². The van der Waals surface area contributed by atoms with Crippen LogP contribution in [0.5, 0.6) is 0 Å². The van der Waals surface area contributed by atoms with Crippen LogP contribution in [0.2, 0.25) is 0 Å². The lowest BCUT2D eigenvalue weighted by molar-refractivity contribution is -0.114. The molecule has 0 saturated heterocycles. The highest BCUT2D eigenvalue weighted by molar-refractivity contribution is 7.90. The summed E-state index contributed by atoms with van der Waals surface area (Å²) in [5, 5.41) is 8.97. The number of amides is 1. The van der Waals surface area contributed by atoms with Gasteiger partial charge in [0.2, 0.25) is 0 Å². The molecule has 0 saturated carbocycles. The van der Waals surface area contributed by atoms with Gasteiger partial charge in [-0.2, -0.15) is 0 Å². The Balaban J connectivity index is 1.56. The van der Waals surface area contributed by atoms with Crippen molar-refractivity contribution >= 4 is 39.1 Å². The molecule has 196 valence electrons. The number of hydrogen-bond donors (Lipinski definition) is 2. The van der Waals surface area contributed by atoms with Crippen LogP contribution in [0.15, 0.2) is 120 Å². The fourth-order valence-corrected chi connectivity index (χ4v) is 5.16. The van der Waals surface area contributed by atoms with Crippen molar-refractivity contribution in [3.63, 3.8) is 0 Å². The van der Waals surface area contributed by atoms with Gasteiger partial charge < -0.3 is 5.11 Å². The fourth-order valence-electron chi connectivity index (χ4n) is 4.22. The van der Waals surface area contributed by atoms with Crippen molar-refractivity contribution in [1.29, 1.82) is 0 Å². The molecule has 4 rings (SSSR count). The highest BCUT2D eigenvalue weighted by Crippen LogP contribution is 2.34. The summed E-state index contributed by atoms with van der Waals surface area (Å²) in [7, 11) is -4.14. The maximum absolute atomic E-state index is 12.5. The second kappa shape index (κ2) is 12.2. The molecule has 2 N–H and O–H groups in total. The van der Waals surface area contributed by atoms with Crippen molar-refractivity contribution < 1.29 is 23.1 Å².